The van der Waals surface area contributed by atoms with Crippen LogP contribution in [-0.2, 0) is 10.0 Å². The van der Waals surface area contributed by atoms with E-state index in [1.807, 2.05) is 6.92 Å². The van der Waals surface area contributed by atoms with Gasteiger partial charge in [-0.3, -0.25) is 0 Å². The summed E-state index contributed by atoms with van der Waals surface area (Å²) < 4.78 is 41.2. The van der Waals surface area contributed by atoms with Gasteiger partial charge in [0.2, 0.25) is 10.0 Å². The lowest BCUT2D eigenvalue weighted by molar-refractivity contribution is 0.303. The van der Waals surface area contributed by atoms with Crippen LogP contribution in [0.5, 0.6) is 0 Å². The van der Waals surface area contributed by atoms with Crippen LogP contribution in [0.4, 0.5) is 10.1 Å². The summed E-state index contributed by atoms with van der Waals surface area (Å²) in [6.07, 6.45) is 5.38. The molecule has 0 amide bonds. The van der Waals surface area contributed by atoms with Crippen molar-refractivity contribution in [1.82, 2.24) is 4.72 Å². The third-order valence-electron chi connectivity index (χ3n) is 4.00. The summed E-state index contributed by atoms with van der Waals surface area (Å²) in [5, 5.41) is -0.291. The van der Waals surface area contributed by atoms with Crippen LogP contribution in [0.25, 0.3) is 0 Å². The van der Waals surface area contributed by atoms with E-state index in [0.717, 1.165) is 31.7 Å². The third-order valence-corrected chi connectivity index (χ3v) is 5.84. The summed E-state index contributed by atoms with van der Waals surface area (Å²) in [5.41, 5.74) is 5.67. The number of hydrogen-bond donors (Lipinski definition) is 2. The predicted molar refractivity (Wildman–Crippen MR) is 82.2 cm³/mol. The number of hydrogen-bond acceptors (Lipinski definition) is 3. The number of nitrogen functional groups attached to an aromatic ring is 1. The Bertz CT molecular complexity index is 616. The minimum atomic E-state index is -3.97. The van der Waals surface area contributed by atoms with Crippen molar-refractivity contribution in [2.75, 3.05) is 5.73 Å². The lowest BCUT2D eigenvalue weighted by Gasteiger charge is -2.28. The quantitative estimate of drug-likeness (QED) is 0.830. The van der Waals surface area contributed by atoms with Crippen LogP contribution in [-0.4, -0.2) is 14.5 Å². The van der Waals surface area contributed by atoms with E-state index in [9.17, 15) is 12.8 Å². The standard InChI is InChI=1S/C14H20ClFN2O2S/c1-9(10-5-3-2-4-6-10)18-21(19,20)13-8-11(17)7-12(15)14(13)16/h7-10,18H,2-6,17H2,1H3. The second-order valence-electron chi connectivity index (χ2n) is 5.62. The van der Waals surface area contributed by atoms with Crippen molar-refractivity contribution in [3.8, 4) is 0 Å². The normalized spacial score (nSPS) is 18.6. The first-order chi connectivity index (χ1) is 9.81. The Labute approximate surface area is 129 Å². The first kappa shape index (κ1) is 16.5. The molecular formula is C14H20ClFN2O2S. The molecule has 7 heteroatoms. The Morgan fingerprint density at radius 3 is 2.57 bits per heavy atom. The van der Waals surface area contributed by atoms with Crippen LogP contribution in [0, 0.1) is 11.7 Å². The van der Waals surface area contributed by atoms with E-state index in [4.69, 9.17) is 17.3 Å². The largest absolute Gasteiger partial charge is 0.399 e. The SMILES string of the molecule is CC(NS(=O)(=O)c1cc(N)cc(Cl)c1F)C1CCCCC1. The molecule has 2 rings (SSSR count). The monoisotopic (exact) mass is 334 g/mol. The molecule has 118 valence electrons. The fraction of sp³-hybridized carbons (Fsp3) is 0.571. The molecular weight excluding hydrogens is 315 g/mol. The van der Waals surface area contributed by atoms with Gasteiger partial charge >= 0.3 is 0 Å². The molecule has 4 nitrogen and oxygen atoms in total. The Morgan fingerprint density at radius 2 is 1.95 bits per heavy atom. The molecule has 0 heterocycles. The first-order valence-corrected chi connectivity index (χ1v) is 8.94. The summed E-state index contributed by atoms with van der Waals surface area (Å²) in [7, 11) is -3.97. The minimum Gasteiger partial charge on any atom is -0.399 e. The molecule has 0 radical (unpaired) electrons. The van der Waals surface area contributed by atoms with Crippen LogP contribution in [0.3, 0.4) is 0 Å². The third kappa shape index (κ3) is 3.87. The summed E-state index contributed by atoms with van der Waals surface area (Å²) in [4.78, 5) is -0.491. The van der Waals surface area contributed by atoms with Gasteiger partial charge in [0.25, 0.3) is 0 Å². The Morgan fingerprint density at radius 1 is 1.33 bits per heavy atom. The maximum Gasteiger partial charge on any atom is 0.243 e. The van der Waals surface area contributed by atoms with E-state index in [1.165, 1.54) is 12.5 Å². The van der Waals surface area contributed by atoms with Crippen molar-refractivity contribution in [3.63, 3.8) is 0 Å². The van der Waals surface area contributed by atoms with Crippen molar-refractivity contribution >= 4 is 27.3 Å². The molecule has 3 N–H and O–H groups in total. The van der Waals surface area contributed by atoms with Crippen molar-refractivity contribution in [2.45, 2.75) is 50.0 Å². The number of nitrogens with two attached hydrogens (primary N) is 1. The molecule has 1 fully saturated rings. The van der Waals surface area contributed by atoms with Crippen LogP contribution in [0.1, 0.15) is 39.0 Å². The molecule has 1 aliphatic carbocycles. The molecule has 0 aromatic heterocycles. The highest BCUT2D eigenvalue weighted by Crippen LogP contribution is 2.29. The van der Waals surface area contributed by atoms with Crippen molar-refractivity contribution in [3.05, 3.63) is 23.0 Å². The zero-order valence-electron chi connectivity index (χ0n) is 11.9. The Hall–Kier alpha value is -0.850. The summed E-state index contributed by atoms with van der Waals surface area (Å²) in [5.74, 6) is -0.678. The number of halogens is 2. The van der Waals surface area contributed by atoms with E-state index in [-0.39, 0.29) is 22.7 Å². The number of nitrogens with one attached hydrogen (secondary N) is 1. The molecule has 0 spiro atoms. The molecule has 1 aromatic rings. The van der Waals surface area contributed by atoms with Crippen LogP contribution in [0.2, 0.25) is 5.02 Å². The number of sulfonamides is 1. The predicted octanol–water partition coefficient (Wildman–Crippen LogP) is 3.31. The average molecular weight is 335 g/mol. The van der Waals surface area contributed by atoms with Gasteiger partial charge < -0.3 is 5.73 Å². The molecule has 1 aromatic carbocycles. The molecule has 1 unspecified atom stereocenters. The fourth-order valence-corrected chi connectivity index (χ4v) is 4.55. The van der Waals surface area contributed by atoms with Gasteiger partial charge in [-0.15, -0.1) is 0 Å². The highest BCUT2D eigenvalue weighted by Gasteiger charge is 2.28. The molecule has 21 heavy (non-hydrogen) atoms. The van der Waals surface area contributed by atoms with Gasteiger partial charge in [0, 0.05) is 11.7 Å². The molecule has 1 aliphatic rings. The second kappa shape index (κ2) is 6.50. The van der Waals surface area contributed by atoms with Crippen LogP contribution in [0.15, 0.2) is 17.0 Å². The van der Waals surface area contributed by atoms with Gasteiger partial charge in [0.15, 0.2) is 5.82 Å². The highest BCUT2D eigenvalue weighted by atomic mass is 35.5. The smallest absolute Gasteiger partial charge is 0.243 e. The van der Waals surface area contributed by atoms with E-state index >= 15 is 0 Å². The number of anilines is 1. The van der Waals surface area contributed by atoms with Gasteiger partial charge in [0.1, 0.15) is 4.90 Å². The van der Waals surface area contributed by atoms with E-state index < -0.39 is 20.7 Å². The topological polar surface area (TPSA) is 72.2 Å². The summed E-state index contributed by atoms with van der Waals surface area (Å²) in [6, 6.07) is 2.05. The molecule has 0 aliphatic heterocycles. The summed E-state index contributed by atoms with van der Waals surface area (Å²) >= 11 is 5.66. The first-order valence-electron chi connectivity index (χ1n) is 7.08. The molecule has 0 bridgehead atoms. The van der Waals surface area contributed by atoms with Gasteiger partial charge in [-0.2, -0.15) is 0 Å². The van der Waals surface area contributed by atoms with Gasteiger partial charge in [-0.05, 0) is 37.8 Å². The maximum atomic E-state index is 14.0. The van der Waals surface area contributed by atoms with Crippen molar-refractivity contribution in [2.24, 2.45) is 5.92 Å². The van der Waals surface area contributed by atoms with Crippen LogP contribution < -0.4 is 10.5 Å². The van der Waals surface area contributed by atoms with Crippen LogP contribution >= 0.6 is 11.6 Å². The number of benzene rings is 1. The second-order valence-corrected chi connectivity index (χ2v) is 7.71. The lowest BCUT2D eigenvalue weighted by Crippen LogP contribution is -2.39. The summed E-state index contributed by atoms with van der Waals surface area (Å²) in [6.45, 7) is 1.82. The molecule has 1 atom stereocenters. The Balaban J connectivity index is 2.22. The zero-order chi connectivity index (χ0) is 15.6. The molecule has 0 saturated heterocycles. The maximum absolute atomic E-state index is 14.0. The van der Waals surface area contributed by atoms with Crippen molar-refractivity contribution < 1.29 is 12.8 Å². The molecule has 1 saturated carbocycles. The lowest BCUT2D eigenvalue weighted by atomic mass is 9.85. The zero-order valence-corrected chi connectivity index (χ0v) is 13.5. The number of rotatable bonds is 4. The van der Waals surface area contributed by atoms with Gasteiger partial charge in [-0.25, -0.2) is 17.5 Å². The minimum absolute atomic E-state index is 0.118. The van der Waals surface area contributed by atoms with Crippen molar-refractivity contribution in [1.29, 1.82) is 0 Å². The van der Waals surface area contributed by atoms with E-state index in [1.54, 1.807) is 0 Å². The highest BCUT2D eigenvalue weighted by molar-refractivity contribution is 7.89. The average Bonchev–Trinajstić information content (AvgIpc) is 2.43. The fourth-order valence-electron chi connectivity index (χ4n) is 2.82. The Kier molecular flexibility index (Phi) is 5.11. The van der Waals surface area contributed by atoms with Gasteiger partial charge in [-0.1, -0.05) is 30.9 Å². The van der Waals surface area contributed by atoms with Gasteiger partial charge in [0.05, 0.1) is 5.02 Å². The van der Waals surface area contributed by atoms with E-state index in [2.05, 4.69) is 4.72 Å². The van der Waals surface area contributed by atoms with E-state index in [0.29, 0.717) is 0 Å².